The fraction of sp³-hybridized carbons (Fsp3) is 0.976. The lowest BCUT2D eigenvalue weighted by Crippen LogP contribution is -2.71. The molecule has 0 unspecified atom stereocenters. The Hall–Kier alpha value is -1.21. The van der Waals surface area contributed by atoms with Gasteiger partial charge in [0, 0.05) is 23.9 Å². The summed E-state index contributed by atoms with van der Waals surface area (Å²) < 4.78 is 53.9. The quantitative estimate of drug-likeness (QED) is 0.0924. The molecule has 5 heterocycles. The zero-order valence-corrected chi connectivity index (χ0v) is 35.3. The number of cyclic esters (lactones) is 1. The van der Waals surface area contributed by atoms with Crippen molar-refractivity contribution in [2.24, 2.45) is 34.0 Å². The maximum atomic E-state index is 12.9. The summed E-state index contributed by atoms with van der Waals surface area (Å²) in [5.41, 5.74) is -1.74. The summed E-state index contributed by atoms with van der Waals surface area (Å²) in [4.78, 5) is 12.4. The number of carbonyl (C=O) groups excluding carboxylic acids is 1. The first-order valence-electron chi connectivity index (χ1n) is 22.2. The maximum Gasteiger partial charge on any atom is 0.308 e. The van der Waals surface area contributed by atoms with Gasteiger partial charge >= 0.3 is 5.97 Å². The van der Waals surface area contributed by atoms with Gasteiger partial charge in [-0.05, 0) is 82.0 Å². The fourth-order valence-corrected chi connectivity index (χ4v) is 14.3. The van der Waals surface area contributed by atoms with Crippen LogP contribution in [0.4, 0.5) is 0 Å². The van der Waals surface area contributed by atoms with Crippen molar-refractivity contribution in [1.29, 1.82) is 0 Å². The molecule has 24 atom stereocenters. The van der Waals surface area contributed by atoms with Crippen LogP contribution in [0.2, 0.25) is 0 Å². The summed E-state index contributed by atoms with van der Waals surface area (Å²) >= 11 is 0. The van der Waals surface area contributed by atoms with Crippen LogP contribution in [0.5, 0.6) is 0 Å². The molecule has 9 rings (SSSR count). The molecule has 0 aromatic carbocycles. The highest BCUT2D eigenvalue weighted by molar-refractivity contribution is 5.73. The van der Waals surface area contributed by atoms with Crippen LogP contribution in [-0.2, 0) is 47.4 Å². The molecule has 0 amide bonds. The Bertz CT molecular complexity index is 1620. The van der Waals surface area contributed by atoms with Gasteiger partial charge in [0.1, 0.15) is 79.4 Å². The van der Waals surface area contributed by atoms with E-state index in [1.165, 1.54) is 7.11 Å². The molecule has 9 N–H and O–H groups in total. The summed E-state index contributed by atoms with van der Waals surface area (Å²) in [5, 5.41) is 97.4. The SMILES string of the molecule is CO[C@@H]1[C@H](O)[C@H](O[C@@H]2CC[C@@]3(C)[C@H](CC[C@]45CC[C@H]6[C@]7(COC(=O)C7)O[C@]4(O)[C@@]6(C)CC[C@@H]35)C2)O[C@H](C)[C@H]1O[C@H]1O[C@@H](CO)[C@H](O[C@@H]2O[C@H](CO)[C@@H](O)[C@H](O)[C@@H]2O)[C@@H](O)[C@@H]1O. The molecule has 19 nitrogen and oxygen atoms in total. The van der Waals surface area contributed by atoms with Crippen molar-refractivity contribution in [2.45, 2.75) is 195 Å². The van der Waals surface area contributed by atoms with Gasteiger partial charge in [0.2, 0.25) is 0 Å². The summed E-state index contributed by atoms with van der Waals surface area (Å²) in [5.74, 6) is -1.03. The van der Waals surface area contributed by atoms with E-state index in [1.807, 2.05) is 0 Å². The number of rotatable bonds is 9. The average molecular weight is 875 g/mol. The zero-order valence-electron chi connectivity index (χ0n) is 35.3. The third kappa shape index (κ3) is 6.58. The van der Waals surface area contributed by atoms with Crippen LogP contribution < -0.4 is 0 Å². The molecule has 2 spiro atoms. The van der Waals surface area contributed by atoms with E-state index in [1.54, 1.807) is 6.92 Å². The molecule has 5 saturated heterocycles. The molecule has 348 valence electrons. The Morgan fingerprint density at radius 1 is 0.689 bits per heavy atom. The minimum absolute atomic E-state index is 0.0623. The average Bonchev–Trinajstić information content (AvgIpc) is 3.64. The lowest BCUT2D eigenvalue weighted by Gasteiger charge is -2.70. The normalized spacial score (nSPS) is 58.0. The van der Waals surface area contributed by atoms with Crippen LogP contribution >= 0.6 is 0 Å². The Morgan fingerprint density at radius 2 is 1.33 bits per heavy atom. The monoisotopic (exact) mass is 874 g/mol. The van der Waals surface area contributed by atoms with Crippen LogP contribution in [0.15, 0.2) is 0 Å². The highest BCUT2D eigenvalue weighted by Gasteiger charge is 2.82. The Balaban J connectivity index is 0.834. The van der Waals surface area contributed by atoms with Gasteiger partial charge in [0.25, 0.3) is 0 Å². The first kappa shape index (κ1) is 45.0. The number of hydrogen-bond donors (Lipinski definition) is 9. The second-order valence-electron chi connectivity index (χ2n) is 20.2. The predicted octanol–water partition coefficient (Wildman–Crippen LogP) is -1.68. The minimum Gasteiger partial charge on any atom is -0.462 e. The van der Waals surface area contributed by atoms with Crippen molar-refractivity contribution < 1.29 is 93.4 Å². The Morgan fingerprint density at radius 3 is 2.00 bits per heavy atom. The topological polar surface area (TPSA) is 282 Å². The molecule has 0 aromatic rings. The molecule has 4 aliphatic carbocycles. The number of methoxy groups -OCH3 is 1. The van der Waals surface area contributed by atoms with E-state index in [0.29, 0.717) is 6.42 Å². The standard InChI is InChI=1S/C42H66O19/c1-18-32(59-36-30(50)28(48)33(22(16-44)58-36)60-35-29(49)27(47)26(46)21(15-43)57-35)34(53-4)31(51)37(55-18)56-20-6-9-38(2)19(13-20)5-11-40-12-8-24-39(3,10-7-23(38)40)42(40,52)61-41(24)14-25(45)54-17-41/h18-24,26-37,43-44,46-52H,5-17H2,1-4H3/t18-,19-,20-,21-,22+,23+,24-,26-,27+,28+,29+,30+,31+,32-,33+,34-,35+,36-,37+,38+,39+,40-,41+,42-/m1/s1. The van der Waals surface area contributed by atoms with Crippen LogP contribution in [0, 0.1) is 34.0 Å². The summed E-state index contributed by atoms with van der Waals surface area (Å²) in [6.45, 7) is 4.97. The van der Waals surface area contributed by atoms with E-state index >= 15 is 0 Å². The Labute approximate surface area is 354 Å². The molecule has 5 aliphatic heterocycles. The lowest BCUT2D eigenvalue weighted by atomic mass is 9.36. The van der Waals surface area contributed by atoms with Gasteiger partial charge in [-0.25, -0.2) is 0 Å². The second-order valence-corrected chi connectivity index (χ2v) is 20.2. The summed E-state index contributed by atoms with van der Waals surface area (Å²) in [6, 6.07) is 0. The number of fused-ring (bicyclic) bond motifs is 3. The van der Waals surface area contributed by atoms with E-state index in [-0.39, 0.29) is 48.3 Å². The van der Waals surface area contributed by atoms with Crippen LogP contribution in [0.1, 0.15) is 85.0 Å². The van der Waals surface area contributed by atoms with Crippen molar-refractivity contribution in [2.75, 3.05) is 26.9 Å². The van der Waals surface area contributed by atoms with Gasteiger partial charge < -0.3 is 88.6 Å². The highest BCUT2D eigenvalue weighted by atomic mass is 16.8. The number of aliphatic hydroxyl groups excluding tert-OH is 8. The van der Waals surface area contributed by atoms with Crippen LogP contribution in [0.25, 0.3) is 0 Å². The molecular formula is C42H66O19. The predicted molar refractivity (Wildman–Crippen MR) is 202 cm³/mol. The third-order valence-electron chi connectivity index (χ3n) is 17.4. The third-order valence-corrected chi connectivity index (χ3v) is 17.4. The van der Waals surface area contributed by atoms with Crippen molar-refractivity contribution in [3.63, 3.8) is 0 Å². The summed E-state index contributed by atoms with van der Waals surface area (Å²) in [6.07, 6.45) is -14.1. The van der Waals surface area contributed by atoms with Gasteiger partial charge in [-0.3, -0.25) is 4.79 Å². The molecule has 9 fully saturated rings. The summed E-state index contributed by atoms with van der Waals surface area (Å²) in [7, 11) is 1.39. The fourth-order valence-electron chi connectivity index (χ4n) is 14.3. The highest BCUT2D eigenvalue weighted by Crippen LogP contribution is 2.79. The van der Waals surface area contributed by atoms with E-state index < -0.39 is 128 Å². The lowest BCUT2D eigenvalue weighted by molar-refractivity contribution is -0.382. The van der Waals surface area contributed by atoms with Crippen LogP contribution in [0.3, 0.4) is 0 Å². The van der Waals surface area contributed by atoms with Gasteiger partial charge in [-0.1, -0.05) is 13.8 Å². The van der Waals surface area contributed by atoms with E-state index in [4.69, 9.17) is 42.6 Å². The van der Waals surface area contributed by atoms with Gasteiger partial charge in [0.05, 0.1) is 31.8 Å². The largest absolute Gasteiger partial charge is 0.462 e. The van der Waals surface area contributed by atoms with Gasteiger partial charge in [-0.2, -0.15) is 0 Å². The van der Waals surface area contributed by atoms with Crippen molar-refractivity contribution in [3.8, 4) is 0 Å². The number of ether oxygens (including phenoxy) is 9. The van der Waals surface area contributed by atoms with Gasteiger partial charge in [-0.15, -0.1) is 0 Å². The number of carbonyl (C=O) groups is 1. The van der Waals surface area contributed by atoms with Crippen molar-refractivity contribution in [1.82, 2.24) is 0 Å². The number of esters is 1. The Kier molecular flexibility index (Phi) is 11.8. The molecule has 19 heteroatoms. The first-order valence-corrected chi connectivity index (χ1v) is 22.2. The van der Waals surface area contributed by atoms with E-state index in [2.05, 4.69) is 13.8 Å². The molecule has 4 saturated carbocycles. The molecule has 0 radical (unpaired) electrons. The smallest absolute Gasteiger partial charge is 0.308 e. The van der Waals surface area contributed by atoms with Crippen LogP contribution in [-0.4, -0.2) is 188 Å². The van der Waals surface area contributed by atoms with Gasteiger partial charge in [0.15, 0.2) is 24.7 Å². The number of hydrogen-bond acceptors (Lipinski definition) is 19. The number of aliphatic hydroxyl groups is 9. The second kappa shape index (κ2) is 16.0. The maximum absolute atomic E-state index is 12.9. The minimum atomic E-state index is -1.81. The molecule has 9 aliphatic rings. The molecule has 0 aromatic heterocycles. The van der Waals surface area contributed by atoms with E-state index in [0.717, 1.165) is 51.4 Å². The molecule has 61 heavy (non-hydrogen) atoms. The van der Waals surface area contributed by atoms with Crippen molar-refractivity contribution >= 4 is 5.97 Å². The van der Waals surface area contributed by atoms with Crippen molar-refractivity contribution in [3.05, 3.63) is 0 Å². The zero-order chi connectivity index (χ0) is 43.6. The molecular weight excluding hydrogens is 808 g/mol. The molecule has 4 bridgehead atoms. The van der Waals surface area contributed by atoms with E-state index in [9.17, 15) is 50.8 Å². The first-order chi connectivity index (χ1) is 28.9.